The summed E-state index contributed by atoms with van der Waals surface area (Å²) in [4.78, 5) is 5.10. The van der Waals surface area contributed by atoms with Crippen molar-refractivity contribution in [2.45, 2.75) is 73.0 Å². The Morgan fingerprint density at radius 1 is 0.343 bits per heavy atom. The van der Waals surface area contributed by atoms with Crippen molar-refractivity contribution in [3.8, 4) is 33.8 Å². The topological polar surface area (TPSA) is 12.5 Å². The molecular formula is C64H51NOS. The fourth-order valence-electron chi connectivity index (χ4n) is 12.0. The molecule has 0 radical (unpaired) electrons. The minimum Gasteiger partial charge on any atom is -0.457 e. The zero-order valence-electron chi connectivity index (χ0n) is 38.8. The minimum absolute atomic E-state index is 0.0320. The Balaban J connectivity index is 1.09. The van der Waals surface area contributed by atoms with E-state index in [1.807, 2.05) is 11.8 Å². The highest BCUT2D eigenvalue weighted by Gasteiger charge is 2.53. The van der Waals surface area contributed by atoms with Gasteiger partial charge < -0.3 is 9.64 Å². The van der Waals surface area contributed by atoms with Gasteiger partial charge in [-0.15, -0.1) is 0 Å². The number of anilines is 3. The second-order valence-electron chi connectivity index (χ2n) is 20.8. The Morgan fingerprint density at radius 2 is 0.776 bits per heavy atom. The molecular weight excluding hydrogens is 831 g/mol. The molecule has 0 amide bonds. The highest BCUT2D eigenvalue weighted by atomic mass is 32.2. The van der Waals surface area contributed by atoms with Crippen molar-refractivity contribution in [1.82, 2.24) is 0 Å². The van der Waals surface area contributed by atoms with Crippen LogP contribution in [0.4, 0.5) is 17.1 Å². The van der Waals surface area contributed by atoms with E-state index in [0.717, 1.165) is 39.7 Å². The molecule has 2 aliphatic heterocycles. The van der Waals surface area contributed by atoms with Gasteiger partial charge in [-0.05, 0) is 138 Å². The zero-order valence-corrected chi connectivity index (χ0v) is 39.6. The summed E-state index contributed by atoms with van der Waals surface area (Å²) in [5.74, 6) is 1.77. The lowest BCUT2D eigenvalue weighted by Crippen LogP contribution is -2.33. The number of benzene rings is 9. The summed E-state index contributed by atoms with van der Waals surface area (Å²) in [6.45, 7) is 14.0. The zero-order chi connectivity index (χ0) is 45.5. The predicted octanol–water partition coefficient (Wildman–Crippen LogP) is 17.0. The maximum atomic E-state index is 6.92. The fourth-order valence-corrected chi connectivity index (χ4v) is 13.2. The predicted molar refractivity (Wildman–Crippen MR) is 277 cm³/mol. The lowest BCUT2D eigenvalue weighted by Gasteiger charge is -2.42. The molecule has 0 atom stereocenters. The van der Waals surface area contributed by atoms with Crippen LogP contribution in [0.15, 0.2) is 210 Å². The van der Waals surface area contributed by atoms with Gasteiger partial charge in [-0.2, -0.15) is 0 Å². The second kappa shape index (κ2) is 14.2. The number of ether oxygens (including phenoxy) is 1. The highest BCUT2D eigenvalue weighted by molar-refractivity contribution is 7.99. The lowest BCUT2D eigenvalue weighted by molar-refractivity contribution is 0.436. The molecule has 2 spiro atoms. The van der Waals surface area contributed by atoms with Gasteiger partial charge in [-0.25, -0.2) is 0 Å². The average Bonchev–Trinajstić information content (AvgIpc) is 3.79. The Labute approximate surface area is 399 Å². The van der Waals surface area contributed by atoms with Crippen molar-refractivity contribution in [3.05, 3.63) is 256 Å². The first-order valence-electron chi connectivity index (χ1n) is 23.7. The first kappa shape index (κ1) is 40.2. The molecule has 4 aliphatic rings. The van der Waals surface area contributed by atoms with E-state index in [1.54, 1.807) is 0 Å². The van der Waals surface area contributed by atoms with Crippen molar-refractivity contribution in [2.75, 3.05) is 4.90 Å². The monoisotopic (exact) mass is 881 g/mol. The second-order valence-corrected chi connectivity index (χ2v) is 21.9. The Bertz CT molecular complexity index is 3400. The minimum atomic E-state index is -0.581. The third-order valence-corrected chi connectivity index (χ3v) is 16.3. The van der Waals surface area contributed by atoms with Crippen LogP contribution in [0, 0.1) is 0 Å². The summed E-state index contributed by atoms with van der Waals surface area (Å²) in [5.41, 5.74) is 20.1. The van der Waals surface area contributed by atoms with Gasteiger partial charge in [-0.3, -0.25) is 0 Å². The van der Waals surface area contributed by atoms with Gasteiger partial charge in [0.25, 0.3) is 0 Å². The van der Waals surface area contributed by atoms with Gasteiger partial charge in [0, 0.05) is 38.0 Å². The third kappa shape index (κ3) is 5.58. The van der Waals surface area contributed by atoms with E-state index < -0.39 is 10.8 Å². The summed E-state index contributed by atoms with van der Waals surface area (Å²) in [6.07, 6.45) is 0. The normalized spacial score (nSPS) is 15.0. The molecule has 0 N–H and O–H groups in total. The van der Waals surface area contributed by atoms with E-state index in [1.165, 1.54) is 76.6 Å². The van der Waals surface area contributed by atoms with Crippen molar-refractivity contribution < 1.29 is 4.74 Å². The van der Waals surface area contributed by atoms with E-state index in [2.05, 4.69) is 247 Å². The highest BCUT2D eigenvalue weighted by Crippen LogP contribution is 2.65. The van der Waals surface area contributed by atoms with E-state index in [0.29, 0.717) is 0 Å². The Hall–Kier alpha value is -7.07. The maximum absolute atomic E-state index is 6.92. The fraction of sp³-hybridized carbons (Fsp3) is 0.156. The molecule has 2 nitrogen and oxygen atoms in total. The van der Waals surface area contributed by atoms with Gasteiger partial charge in [0.15, 0.2) is 0 Å². The molecule has 0 bridgehead atoms. The summed E-state index contributed by atoms with van der Waals surface area (Å²) in [5, 5.41) is 0. The van der Waals surface area contributed by atoms with Crippen LogP contribution in [0.5, 0.6) is 11.5 Å². The number of nitrogens with zero attached hydrogens (tertiary/aromatic N) is 1. The summed E-state index contributed by atoms with van der Waals surface area (Å²) in [7, 11) is 0. The number of hydrogen-bond donors (Lipinski definition) is 0. The van der Waals surface area contributed by atoms with Gasteiger partial charge in [0.05, 0.1) is 10.8 Å². The quantitative estimate of drug-likeness (QED) is 0.175. The molecule has 0 saturated carbocycles. The van der Waals surface area contributed by atoms with Crippen LogP contribution in [0.2, 0.25) is 0 Å². The van der Waals surface area contributed by atoms with Crippen LogP contribution in [-0.2, 0) is 21.7 Å². The molecule has 2 aliphatic carbocycles. The third-order valence-electron chi connectivity index (χ3n) is 15.1. The maximum Gasteiger partial charge on any atom is 0.132 e. The lowest BCUT2D eigenvalue weighted by atomic mass is 9.65. The molecule has 0 aromatic heterocycles. The SMILES string of the molecule is CC(C)(C)c1ccc2c(c1)C1(c3cc(C(C)(C)C)ccc3S2)c2ccccc2-c2ccc(N(c3ccccc3)c3ccc4c(c3)C3(c5ccccc5O4)c4ccccc4-c4ccccc43)cc21. The van der Waals surface area contributed by atoms with E-state index in [9.17, 15) is 0 Å². The first-order chi connectivity index (χ1) is 32.5. The molecule has 0 unspecified atom stereocenters. The van der Waals surface area contributed by atoms with E-state index >= 15 is 0 Å². The average molecular weight is 882 g/mol. The molecule has 0 fully saturated rings. The van der Waals surface area contributed by atoms with Crippen LogP contribution in [-0.4, -0.2) is 0 Å². The summed E-state index contributed by atoms with van der Waals surface area (Å²) in [6, 6.07) is 75.5. The largest absolute Gasteiger partial charge is 0.457 e. The number of fused-ring (bicyclic) bond motifs is 18. The Morgan fingerprint density at radius 3 is 1.33 bits per heavy atom. The first-order valence-corrected chi connectivity index (χ1v) is 24.5. The van der Waals surface area contributed by atoms with Crippen LogP contribution >= 0.6 is 11.8 Å². The molecule has 0 saturated heterocycles. The van der Waals surface area contributed by atoms with Crippen molar-refractivity contribution >= 4 is 28.8 Å². The summed E-state index contributed by atoms with van der Waals surface area (Å²) < 4.78 is 6.92. The van der Waals surface area contributed by atoms with Gasteiger partial charge in [0.1, 0.15) is 11.5 Å². The molecule has 9 aromatic carbocycles. The smallest absolute Gasteiger partial charge is 0.132 e. The van der Waals surface area contributed by atoms with Crippen molar-refractivity contribution in [2.24, 2.45) is 0 Å². The summed E-state index contributed by atoms with van der Waals surface area (Å²) >= 11 is 1.92. The molecule has 2 heterocycles. The van der Waals surface area contributed by atoms with Gasteiger partial charge in [-0.1, -0.05) is 193 Å². The molecule has 324 valence electrons. The van der Waals surface area contributed by atoms with Crippen LogP contribution < -0.4 is 9.64 Å². The molecule has 13 rings (SSSR count). The van der Waals surface area contributed by atoms with Crippen LogP contribution in [0.25, 0.3) is 22.3 Å². The Kier molecular flexibility index (Phi) is 8.54. The van der Waals surface area contributed by atoms with Crippen LogP contribution in [0.1, 0.15) is 97.2 Å². The van der Waals surface area contributed by atoms with Crippen LogP contribution in [0.3, 0.4) is 0 Å². The van der Waals surface area contributed by atoms with Gasteiger partial charge in [0.2, 0.25) is 0 Å². The van der Waals surface area contributed by atoms with E-state index in [-0.39, 0.29) is 10.8 Å². The standard InChI is InChI=1S/C64H51NOS/c1-61(2,3)40-28-34-59-55(36-40)64(56-37-41(62(4,5)6)29-35-60(56)67-59)51-25-15-12-22-47(51)48-32-30-43(38-53(48)64)65(42-18-8-7-9-19-42)44-31-33-58-54(39-44)63(52-26-16-17-27-57(52)66-58)49-23-13-10-20-45(49)46-21-11-14-24-50(46)63/h7-39H,1-6H3. The number of rotatable bonds is 3. The molecule has 9 aromatic rings. The van der Waals surface area contributed by atoms with Crippen molar-refractivity contribution in [3.63, 3.8) is 0 Å². The van der Waals surface area contributed by atoms with Gasteiger partial charge >= 0.3 is 0 Å². The number of para-hydroxylation sites is 2. The molecule has 67 heavy (non-hydrogen) atoms. The van der Waals surface area contributed by atoms with Crippen molar-refractivity contribution in [1.29, 1.82) is 0 Å². The number of hydrogen-bond acceptors (Lipinski definition) is 3. The molecule has 3 heteroatoms. The van der Waals surface area contributed by atoms with E-state index in [4.69, 9.17) is 4.74 Å².